The molecule has 0 fully saturated rings. The van der Waals surface area contributed by atoms with Gasteiger partial charge in [0.25, 0.3) is 0 Å². The minimum absolute atomic E-state index is 0.482. The Kier molecular flexibility index (Phi) is 4.63. The van der Waals surface area contributed by atoms with Crippen LogP contribution in [0.25, 0.3) is 0 Å². The average molecular weight is 284 g/mol. The van der Waals surface area contributed by atoms with Gasteiger partial charge in [-0.3, -0.25) is 0 Å². The first-order chi connectivity index (χ1) is 9.99. The predicted molar refractivity (Wildman–Crippen MR) is 82.6 cm³/mol. The largest absolute Gasteiger partial charge is 0.506 e. The van der Waals surface area contributed by atoms with Crippen molar-refractivity contribution in [1.29, 1.82) is 0 Å². The second kappa shape index (κ2) is 6.44. The van der Waals surface area contributed by atoms with E-state index in [-0.39, 0.29) is 0 Å². The molecule has 1 atom stereocenters. The Labute approximate surface area is 125 Å². The summed E-state index contributed by atoms with van der Waals surface area (Å²) in [6.45, 7) is 6.12. The van der Waals surface area contributed by atoms with Crippen LogP contribution < -0.4 is 0 Å². The normalized spacial score (nSPS) is 12.0. The van der Waals surface area contributed by atoms with E-state index in [1.165, 1.54) is 11.1 Å². The van der Waals surface area contributed by atoms with Crippen molar-refractivity contribution in [3.63, 3.8) is 0 Å². The first-order valence-corrected chi connectivity index (χ1v) is 6.99. The zero-order chi connectivity index (χ0) is 15.4. The summed E-state index contributed by atoms with van der Waals surface area (Å²) in [5, 5.41) is 9.02. The lowest BCUT2D eigenvalue weighted by Crippen LogP contribution is -2.14. The highest BCUT2D eigenvalue weighted by Gasteiger charge is 2.20. The molecular formula is C18H20O3. The molecule has 0 aromatic heterocycles. The molecule has 2 aromatic carbocycles. The molecule has 0 aliphatic rings. The number of aryl methyl sites for hydroxylation is 1. The fraction of sp³-hybridized carbons (Fsp3) is 0.278. The molecule has 3 heteroatoms. The van der Waals surface area contributed by atoms with Gasteiger partial charge in [-0.1, -0.05) is 42.5 Å². The molecule has 0 saturated carbocycles. The molecule has 2 aromatic rings. The summed E-state index contributed by atoms with van der Waals surface area (Å²) < 4.78 is 5.13. The van der Waals surface area contributed by atoms with Crippen LogP contribution in [0.3, 0.4) is 0 Å². The van der Waals surface area contributed by atoms with E-state index in [9.17, 15) is 4.79 Å². The molecule has 21 heavy (non-hydrogen) atoms. The molecule has 0 radical (unpaired) electrons. The topological polar surface area (TPSA) is 46.5 Å². The zero-order valence-electron chi connectivity index (χ0n) is 12.6. The predicted octanol–water partition coefficient (Wildman–Crippen LogP) is 4.59. The number of hydrogen-bond donors (Lipinski definition) is 1. The molecule has 0 heterocycles. The Bertz CT molecular complexity index is 632. The van der Waals surface area contributed by atoms with Crippen LogP contribution in [-0.2, 0) is 11.2 Å². The van der Waals surface area contributed by atoms with Crippen LogP contribution >= 0.6 is 0 Å². The van der Waals surface area contributed by atoms with E-state index in [0.717, 1.165) is 16.7 Å². The summed E-state index contributed by atoms with van der Waals surface area (Å²) >= 11 is 0. The third-order valence-corrected chi connectivity index (χ3v) is 3.95. The number of carboxylic acid groups (broad SMARTS) is 1. The molecule has 0 spiro atoms. The van der Waals surface area contributed by atoms with Crippen LogP contribution in [0, 0.1) is 20.8 Å². The van der Waals surface area contributed by atoms with E-state index in [4.69, 9.17) is 9.84 Å². The summed E-state index contributed by atoms with van der Waals surface area (Å²) in [7, 11) is 0. The standard InChI is InChI=1S/C18H20O3/c1-12-9-10-16(14(3)13(12)2)17(21-18(19)20)11-15-7-5-4-6-8-15/h4-10,17H,11H2,1-3H3,(H,19,20). The Balaban J connectivity index is 2.36. The first kappa shape index (κ1) is 15.1. The van der Waals surface area contributed by atoms with Crippen molar-refractivity contribution < 1.29 is 14.6 Å². The van der Waals surface area contributed by atoms with Crippen LogP contribution in [0.15, 0.2) is 42.5 Å². The van der Waals surface area contributed by atoms with Crippen molar-refractivity contribution >= 4 is 6.16 Å². The molecule has 0 amide bonds. The number of benzene rings is 2. The molecular weight excluding hydrogens is 264 g/mol. The number of carbonyl (C=O) groups is 1. The second-order valence-corrected chi connectivity index (χ2v) is 5.28. The van der Waals surface area contributed by atoms with Crippen molar-refractivity contribution in [2.24, 2.45) is 0 Å². The van der Waals surface area contributed by atoms with Gasteiger partial charge in [0.2, 0.25) is 0 Å². The second-order valence-electron chi connectivity index (χ2n) is 5.28. The lowest BCUT2D eigenvalue weighted by atomic mass is 9.92. The Hall–Kier alpha value is -2.29. The minimum Gasteiger partial charge on any atom is -0.450 e. The molecule has 0 saturated heterocycles. The summed E-state index contributed by atoms with van der Waals surface area (Å²) in [6.07, 6.45) is -1.19. The van der Waals surface area contributed by atoms with Gasteiger partial charge < -0.3 is 9.84 Å². The third-order valence-electron chi connectivity index (χ3n) is 3.95. The van der Waals surface area contributed by atoms with Crippen LogP contribution in [-0.4, -0.2) is 11.3 Å². The molecule has 0 aliphatic heterocycles. The molecule has 1 unspecified atom stereocenters. The Morgan fingerprint density at radius 2 is 1.71 bits per heavy atom. The van der Waals surface area contributed by atoms with Crippen LogP contribution in [0.4, 0.5) is 4.79 Å². The van der Waals surface area contributed by atoms with Crippen molar-refractivity contribution in [2.75, 3.05) is 0 Å². The van der Waals surface area contributed by atoms with E-state index in [2.05, 4.69) is 13.8 Å². The van der Waals surface area contributed by atoms with Crippen molar-refractivity contribution in [1.82, 2.24) is 0 Å². The van der Waals surface area contributed by atoms with Gasteiger partial charge in [-0.25, -0.2) is 4.79 Å². The minimum atomic E-state index is -1.24. The van der Waals surface area contributed by atoms with Gasteiger partial charge in [0, 0.05) is 6.42 Å². The summed E-state index contributed by atoms with van der Waals surface area (Å²) in [5.41, 5.74) is 5.47. The van der Waals surface area contributed by atoms with E-state index in [1.807, 2.05) is 49.4 Å². The van der Waals surface area contributed by atoms with E-state index in [1.54, 1.807) is 0 Å². The van der Waals surface area contributed by atoms with Gasteiger partial charge >= 0.3 is 6.16 Å². The number of rotatable bonds is 4. The van der Waals surface area contributed by atoms with E-state index in [0.29, 0.717) is 6.42 Å². The van der Waals surface area contributed by atoms with Gasteiger partial charge in [-0.15, -0.1) is 0 Å². The molecule has 0 bridgehead atoms. The van der Waals surface area contributed by atoms with Crippen LogP contribution in [0.1, 0.15) is 33.9 Å². The third kappa shape index (κ3) is 3.63. The van der Waals surface area contributed by atoms with Gasteiger partial charge in [-0.05, 0) is 48.6 Å². The van der Waals surface area contributed by atoms with Gasteiger partial charge in [0.1, 0.15) is 6.10 Å². The monoisotopic (exact) mass is 284 g/mol. The number of hydrogen-bond acceptors (Lipinski definition) is 2. The molecule has 3 nitrogen and oxygen atoms in total. The van der Waals surface area contributed by atoms with Crippen molar-refractivity contribution in [2.45, 2.75) is 33.3 Å². The Morgan fingerprint density at radius 3 is 2.33 bits per heavy atom. The molecule has 2 rings (SSSR count). The fourth-order valence-corrected chi connectivity index (χ4v) is 2.49. The Morgan fingerprint density at radius 1 is 1.05 bits per heavy atom. The van der Waals surface area contributed by atoms with E-state index >= 15 is 0 Å². The highest BCUT2D eigenvalue weighted by atomic mass is 16.7. The molecule has 0 aliphatic carbocycles. The average Bonchev–Trinajstić information content (AvgIpc) is 2.45. The lowest BCUT2D eigenvalue weighted by Gasteiger charge is -2.20. The summed E-state index contributed by atoms with van der Waals surface area (Å²) in [4.78, 5) is 11.0. The van der Waals surface area contributed by atoms with E-state index < -0.39 is 12.3 Å². The maximum atomic E-state index is 11.0. The lowest BCUT2D eigenvalue weighted by molar-refractivity contribution is 0.0510. The maximum Gasteiger partial charge on any atom is 0.506 e. The first-order valence-electron chi connectivity index (χ1n) is 6.99. The fourth-order valence-electron chi connectivity index (χ4n) is 2.49. The SMILES string of the molecule is Cc1ccc(C(Cc2ccccc2)OC(=O)O)c(C)c1C. The summed E-state index contributed by atoms with van der Waals surface area (Å²) in [6, 6.07) is 13.8. The van der Waals surface area contributed by atoms with Gasteiger partial charge in [0.05, 0.1) is 0 Å². The maximum absolute atomic E-state index is 11.0. The van der Waals surface area contributed by atoms with Crippen LogP contribution in [0.5, 0.6) is 0 Å². The number of ether oxygens (including phenoxy) is 1. The molecule has 110 valence electrons. The smallest absolute Gasteiger partial charge is 0.450 e. The van der Waals surface area contributed by atoms with Crippen LogP contribution in [0.2, 0.25) is 0 Å². The van der Waals surface area contributed by atoms with Crippen molar-refractivity contribution in [3.05, 3.63) is 70.3 Å². The zero-order valence-corrected chi connectivity index (χ0v) is 12.6. The van der Waals surface area contributed by atoms with Gasteiger partial charge in [-0.2, -0.15) is 0 Å². The highest BCUT2D eigenvalue weighted by molar-refractivity contribution is 5.58. The highest BCUT2D eigenvalue weighted by Crippen LogP contribution is 2.28. The van der Waals surface area contributed by atoms with Gasteiger partial charge in [0.15, 0.2) is 0 Å². The summed E-state index contributed by atoms with van der Waals surface area (Å²) in [5.74, 6) is 0. The molecule has 1 N–H and O–H groups in total. The van der Waals surface area contributed by atoms with Crippen molar-refractivity contribution in [3.8, 4) is 0 Å². The quantitative estimate of drug-likeness (QED) is 0.835.